The first-order chi connectivity index (χ1) is 8.39. The number of hydrogen-bond donors (Lipinski definition) is 1. The molecule has 0 aliphatic rings. The molecule has 0 aliphatic heterocycles. The molecule has 2 aromatic heterocycles. The van der Waals surface area contributed by atoms with Crippen molar-refractivity contribution in [2.24, 2.45) is 5.73 Å². The number of thiocarbonyl (C=S) groups is 1. The zero-order valence-electron chi connectivity index (χ0n) is 8.72. The van der Waals surface area contributed by atoms with Crippen molar-refractivity contribution in [2.45, 2.75) is 6.18 Å². The van der Waals surface area contributed by atoms with Gasteiger partial charge in [0.25, 0.3) is 0 Å². The Morgan fingerprint density at radius 1 is 1.39 bits per heavy atom. The average molecular weight is 273 g/mol. The first-order valence-corrected chi connectivity index (χ1v) is 5.02. The van der Waals surface area contributed by atoms with Gasteiger partial charge in [-0.1, -0.05) is 12.2 Å². The lowest BCUT2D eigenvalue weighted by Crippen LogP contribution is -2.18. The maximum absolute atomic E-state index is 12.6. The summed E-state index contributed by atoms with van der Waals surface area (Å²) in [6.07, 6.45) is -1.41. The maximum Gasteiger partial charge on any atom is 0.417 e. The van der Waals surface area contributed by atoms with Crippen LogP contribution in [0.25, 0.3) is 5.69 Å². The topological polar surface area (TPSA) is 69.6 Å². The van der Waals surface area contributed by atoms with Gasteiger partial charge in [-0.05, 0) is 6.07 Å². The molecule has 0 aliphatic carbocycles. The molecule has 0 spiro atoms. The van der Waals surface area contributed by atoms with E-state index in [1.165, 1.54) is 12.7 Å². The lowest BCUT2D eigenvalue weighted by atomic mass is 10.2. The fraction of sp³-hybridized carbons (Fsp3) is 0.111. The van der Waals surface area contributed by atoms with E-state index in [0.717, 1.165) is 10.7 Å². The summed E-state index contributed by atoms with van der Waals surface area (Å²) in [5.41, 5.74) is 4.59. The molecule has 2 heterocycles. The Labute approximate surface area is 104 Å². The normalized spacial score (nSPS) is 11.5. The van der Waals surface area contributed by atoms with Crippen molar-refractivity contribution >= 4 is 17.2 Å². The Morgan fingerprint density at radius 3 is 2.61 bits per heavy atom. The summed E-state index contributed by atoms with van der Waals surface area (Å²) in [6, 6.07) is 0.871. The molecular formula is C9H6F3N5S. The third-order valence-corrected chi connectivity index (χ3v) is 2.29. The molecule has 2 aromatic rings. The van der Waals surface area contributed by atoms with Crippen LogP contribution in [0.1, 0.15) is 11.3 Å². The second-order valence-corrected chi connectivity index (χ2v) is 3.73. The Kier molecular flexibility index (Phi) is 2.99. The van der Waals surface area contributed by atoms with E-state index < -0.39 is 11.7 Å². The molecule has 0 amide bonds. The molecule has 0 bridgehead atoms. The highest BCUT2D eigenvalue weighted by Gasteiger charge is 2.32. The lowest BCUT2D eigenvalue weighted by molar-refractivity contribution is -0.137. The summed E-state index contributed by atoms with van der Waals surface area (Å²) in [6.45, 7) is 0. The molecular weight excluding hydrogens is 267 g/mol. The van der Waals surface area contributed by atoms with Crippen LogP contribution in [0.15, 0.2) is 24.9 Å². The second kappa shape index (κ2) is 4.33. The number of nitrogens with zero attached hydrogens (tertiary/aromatic N) is 4. The van der Waals surface area contributed by atoms with Gasteiger partial charge in [0.15, 0.2) is 0 Å². The Hall–Kier alpha value is -2.03. The van der Waals surface area contributed by atoms with Crippen molar-refractivity contribution < 1.29 is 13.2 Å². The van der Waals surface area contributed by atoms with Gasteiger partial charge < -0.3 is 5.73 Å². The van der Waals surface area contributed by atoms with Crippen LogP contribution in [0.4, 0.5) is 13.2 Å². The summed E-state index contributed by atoms with van der Waals surface area (Å²) >= 11 is 4.73. The van der Waals surface area contributed by atoms with Gasteiger partial charge in [-0.15, -0.1) is 0 Å². The van der Waals surface area contributed by atoms with Gasteiger partial charge in [0.1, 0.15) is 23.3 Å². The molecule has 0 saturated carbocycles. The number of aromatic nitrogens is 4. The summed E-state index contributed by atoms with van der Waals surface area (Å²) in [5.74, 6) is 0. The highest BCUT2D eigenvalue weighted by Crippen LogP contribution is 2.30. The Balaban J connectivity index is 2.63. The lowest BCUT2D eigenvalue weighted by Gasteiger charge is -2.11. The predicted octanol–water partition coefficient (Wildman–Crippen LogP) is 1.32. The van der Waals surface area contributed by atoms with Gasteiger partial charge in [0, 0.05) is 6.20 Å². The van der Waals surface area contributed by atoms with E-state index in [0.29, 0.717) is 6.20 Å². The van der Waals surface area contributed by atoms with Gasteiger partial charge in [0.2, 0.25) is 0 Å². The monoisotopic (exact) mass is 273 g/mol. The molecule has 9 heteroatoms. The van der Waals surface area contributed by atoms with E-state index in [-0.39, 0.29) is 16.4 Å². The van der Waals surface area contributed by atoms with E-state index in [1.54, 1.807) is 0 Å². The van der Waals surface area contributed by atoms with Crippen molar-refractivity contribution in [2.75, 3.05) is 0 Å². The molecule has 0 fully saturated rings. The number of halogens is 3. The van der Waals surface area contributed by atoms with Crippen molar-refractivity contribution in [1.82, 2.24) is 19.7 Å². The van der Waals surface area contributed by atoms with E-state index in [9.17, 15) is 13.2 Å². The van der Waals surface area contributed by atoms with E-state index in [1.807, 2.05) is 0 Å². The minimum atomic E-state index is -4.50. The average Bonchev–Trinajstić information content (AvgIpc) is 2.80. The summed E-state index contributed by atoms with van der Waals surface area (Å²) in [5, 5.41) is 3.74. The van der Waals surface area contributed by atoms with E-state index in [4.69, 9.17) is 18.0 Å². The summed E-state index contributed by atoms with van der Waals surface area (Å²) < 4.78 is 38.9. The number of alkyl halides is 3. The zero-order chi connectivity index (χ0) is 13.3. The molecule has 0 saturated heterocycles. The fourth-order valence-electron chi connectivity index (χ4n) is 1.31. The minimum Gasteiger partial charge on any atom is -0.388 e. The van der Waals surface area contributed by atoms with Gasteiger partial charge >= 0.3 is 6.18 Å². The van der Waals surface area contributed by atoms with Gasteiger partial charge in [-0.2, -0.15) is 18.3 Å². The maximum atomic E-state index is 12.6. The highest BCUT2D eigenvalue weighted by molar-refractivity contribution is 7.80. The number of hydrogen-bond acceptors (Lipinski definition) is 4. The number of rotatable bonds is 2. The summed E-state index contributed by atoms with van der Waals surface area (Å²) in [4.78, 5) is 7.16. The van der Waals surface area contributed by atoms with Gasteiger partial charge in [0.05, 0.1) is 11.3 Å². The van der Waals surface area contributed by atoms with Crippen LogP contribution in [0, 0.1) is 0 Å². The van der Waals surface area contributed by atoms with Gasteiger partial charge in [-0.25, -0.2) is 9.67 Å². The van der Waals surface area contributed by atoms with Gasteiger partial charge in [-0.3, -0.25) is 4.98 Å². The van der Waals surface area contributed by atoms with Crippen molar-refractivity contribution in [1.29, 1.82) is 0 Å². The largest absolute Gasteiger partial charge is 0.417 e. The van der Waals surface area contributed by atoms with Crippen LogP contribution >= 0.6 is 12.2 Å². The molecule has 0 aromatic carbocycles. The Bertz CT molecular complexity index is 578. The van der Waals surface area contributed by atoms with E-state index >= 15 is 0 Å². The standard InChI is InChI=1S/C9H6F3N5S/c10-9(11,12)5-1-6(17-4-14-3-16-17)7(8(13)18)15-2-5/h1-4H,(H2,13,18). The second-order valence-electron chi connectivity index (χ2n) is 3.29. The molecule has 18 heavy (non-hydrogen) atoms. The third kappa shape index (κ3) is 2.30. The van der Waals surface area contributed by atoms with Crippen LogP contribution in [0.3, 0.4) is 0 Å². The molecule has 0 atom stereocenters. The van der Waals surface area contributed by atoms with Crippen LogP contribution in [-0.4, -0.2) is 24.7 Å². The molecule has 94 valence electrons. The highest BCUT2D eigenvalue weighted by atomic mass is 32.1. The van der Waals surface area contributed by atoms with Crippen molar-refractivity contribution in [3.8, 4) is 5.69 Å². The predicted molar refractivity (Wildman–Crippen MR) is 60.0 cm³/mol. The summed E-state index contributed by atoms with van der Waals surface area (Å²) in [7, 11) is 0. The molecule has 2 rings (SSSR count). The van der Waals surface area contributed by atoms with Crippen LogP contribution in [-0.2, 0) is 6.18 Å². The fourth-order valence-corrected chi connectivity index (χ4v) is 1.46. The zero-order valence-corrected chi connectivity index (χ0v) is 9.53. The quantitative estimate of drug-likeness (QED) is 0.836. The van der Waals surface area contributed by atoms with E-state index in [2.05, 4.69) is 15.1 Å². The van der Waals surface area contributed by atoms with Crippen LogP contribution < -0.4 is 5.73 Å². The minimum absolute atomic E-state index is 0.0369. The number of nitrogens with two attached hydrogens (primary N) is 1. The third-order valence-electron chi connectivity index (χ3n) is 2.09. The molecule has 0 radical (unpaired) electrons. The first kappa shape index (κ1) is 12.4. The van der Waals surface area contributed by atoms with Crippen LogP contribution in [0.5, 0.6) is 0 Å². The van der Waals surface area contributed by atoms with Crippen LogP contribution in [0.2, 0.25) is 0 Å². The number of pyridine rings is 1. The van der Waals surface area contributed by atoms with Crippen molar-refractivity contribution in [3.63, 3.8) is 0 Å². The Morgan fingerprint density at radius 2 is 2.11 bits per heavy atom. The smallest absolute Gasteiger partial charge is 0.388 e. The SMILES string of the molecule is NC(=S)c1ncc(C(F)(F)F)cc1-n1cncn1. The molecule has 5 nitrogen and oxygen atoms in total. The molecule has 2 N–H and O–H groups in total. The first-order valence-electron chi connectivity index (χ1n) is 4.61. The molecule has 0 unspecified atom stereocenters. The van der Waals surface area contributed by atoms with Crippen molar-refractivity contribution in [3.05, 3.63) is 36.2 Å².